The van der Waals surface area contributed by atoms with Gasteiger partial charge in [0.2, 0.25) is 5.91 Å². The zero-order valence-electron chi connectivity index (χ0n) is 15.5. The summed E-state index contributed by atoms with van der Waals surface area (Å²) in [5.74, 6) is 0.895. The molecule has 136 valence electrons. The fourth-order valence-electron chi connectivity index (χ4n) is 2.94. The standard InChI is InChI=1S/C19H26ClN3O2/c1-12-10-16(6-7-17(12)25-5)8-9-21-18(24)11-13(2)23-15(4)19(20)14(3)22-23/h6-7,10,13H,8-9,11H2,1-5H3,(H,21,24)/t13-/m0/s1. The third-order valence-corrected chi connectivity index (χ3v) is 4.88. The number of aromatic nitrogens is 2. The van der Waals surface area contributed by atoms with Crippen LogP contribution in [-0.2, 0) is 11.2 Å². The fraction of sp³-hybridized carbons (Fsp3) is 0.474. The number of hydrogen-bond donors (Lipinski definition) is 1. The number of nitrogens with zero attached hydrogens (tertiary/aromatic N) is 2. The third-order valence-electron chi connectivity index (χ3n) is 4.33. The highest BCUT2D eigenvalue weighted by Gasteiger charge is 2.17. The number of halogens is 1. The average molecular weight is 364 g/mol. The molecular weight excluding hydrogens is 338 g/mol. The molecule has 0 saturated carbocycles. The Morgan fingerprint density at radius 1 is 1.36 bits per heavy atom. The monoisotopic (exact) mass is 363 g/mol. The minimum atomic E-state index is -0.0329. The predicted molar refractivity (Wildman–Crippen MR) is 100 cm³/mol. The largest absolute Gasteiger partial charge is 0.496 e. The van der Waals surface area contributed by atoms with Crippen LogP contribution in [-0.4, -0.2) is 29.3 Å². The summed E-state index contributed by atoms with van der Waals surface area (Å²) in [5, 5.41) is 8.05. The summed E-state index contributed by atoms with van der Waals surface area (Å²) in [7, 11) is 1.67. The van der Waals surface area contributed by atoms with Crippen LogP contribution >= 0.6 is 11.6 Å². The third kappa shape index (κ3) is 4.75. The van der Waals surface area contributed by atoms with E-state index in [1.54, 1.807) is 7.11 Å². The number of hydrogen-bond acceptors (Lipinski definition) is 3. The molecule has 25 heavy (non-hydrogen) atoms. The number of methoxy groups -OCH3 is 1. The van der Waals surface area contributed by atoms with E-state index in [2.05, 4.69) is 16.5 Å². The molecule has 1 atom stereocenters. The molecule has 0 saturated heterocycles. The van der Waals surface area contributed by atoms with Crippen LogP contribution in [0.15, 0.2) is 18.2 Å². The molecule has 1 N–H and O–H groups in total. The van der Waals surface area contributed by atoms with Crippen LogP contribution in [0, 0.1) is 20.8 Å². The predicted octanol–water partition coefficient (Wildman–Crippen LogP) is 3.78. The van der Waals surface area contributed by atoms with Gasteiger partial charge in [0.1, 0.15) is 5.75 Å². The Morgan fingerprint density at radius 2 is 2.08 bits per heavy atom. The molecule has 2 rings (SSSR count). The second-order valence-corrected chi connectivity index (χ2v) is 6.76. The molecule has 0 aliphatic rings. The van der Waals surface area contributed by atoms with Crippen molar-refractivity contribution in [2.45, 2.75) is 46.6 Å². The van der Waals surface area contributed by atoms with E-state index in [-0.39, 0.29) is 11.9 Å². The molecule has 0 bridgehead atoms. The van der Waals surface area contributed by atoms with Gasteiger partial charge in [-0.3, -0.25) is 9.48 Å². The Kier molecular flexibility index (Phi) is 6.48. The summed E-state index contributed by atoms with van der Waals surface area (Å²) in [6.45, 7) is 8.39. The first kappa shape index (κ1) is 19.3. The van der Waals surface area contributed by atoms with Crippen molar-refractivity contribution in [2.24, 2.45) is 0 Å². The number of rotatable bonds is 7. The molecule has 0 fully saturated rings. The first-order valence-electron chi connectivity index (χ1n) is 8.45. The van der Waals surface area contributed by atoms with Crippen molar-refractivity contribution in [3.8, 4) is 5.75 Å². The zero-order valence-corrected chi connectivity index (χ0v) is 16.3. The summed E-state index contributed by atoms with van der Waals surface area (Å²) >= 11 is 6.17. The lowest BCUT2D eigenvalue weighted by Crippen LogP contribution is -2.28. The SMILES string of the molecule is COc1ccc(CCNC(=O)C[C@H](C)n2nc(C)c(Cl)c2C)cc1C. The van der Waals surface area contributed by atoms with Gasteiger partial charge in [0.25, 0.3) is 0 Å². The van der Waals surface area contributed by atoms with Gasteiger partial charge in [-0.15, -0.1) is 0 Å². The second kappa shape index (κ2) is 8.39. The summed E-state index contributed by atoms with van der Waals surface area (Å²) in [4.78, 5) is 12.2. The number of carbonyl (C=O) groups excluding carboxylic acids is 1. The van der Waals surface area contributed by atoms with Crippen LogP contribution in [0.5, 0.6) is 5.75 Å². The number of ether oxygens (including phenoxy) is 1. The van der Waals surface area contributed by atoms with Crippen LogP contribution in [0.1, 0.15) is 41.9 Å². The first-order valence-corrected chi connectivity index (χ1v) is 8.82. The van der Waals surface area contributed by atoms with Crippen LogP contribution in [0.2, 0.25) is 5.02 Å². The zero-order chi connectivity index (χ0) is 18.6. The van der Waals surface area contributed by atoms with Crippen molar-refractivity contribution in [1.29, 1.82) is 0 Å². The lowest BCUT2D eigenvalue weighted by atomic mass is 10.1. The van der Waals surface area contributed by atoms with Gasteiger partial charge in [-0.2, -0.15) is 5.10 Å². The number of aryl methyl sites for hydroxylation is 2. The van der Waals surface area contributed by atoms with Crippen LogP contribution < -0.4 is 10.1 Å². The maximum absolute atomic E-state index is 12.2. The number of nitrogens with one attached hydrogen (secondary N) is 1. The smallest absolute Gasteiger partial charge is 0.222 e. The quantitative estimate of drug-likeness (QED) is 0.814. The maximum atomic E-state index is 12.2. The molecule has 0 spiro atoms. The Bertz CT molecular complexity index is 755. The van der Waals surface area contributed by atoms with Gasteiger partial charge < -0.3 is 10.1 Å². The molecule has 5 nitrogen and oxygen atoms in total. The highest BCUT2D eigenvalue weighted by Crippen LogP contribution is 2.23. The van der Waals surface area contributed by atoms with Crippen molar-refractivity contribution in [1.82, 2.24) is 15.1 Å². The van der Waals surface area contributed by atoms with E-state index in [9.17, 15) is 4.79 Å². The summed E-state index contributed by atoms with van der Waals surface area (Å²) in [5.41, 5.74) is 3.97. The molecule has 0 unspecified atom stereocenters. The highest BCUT2D eigenvalue weighted by atomic mass is 35.5. The maximum Gasteiger partial charge on any atom is 0.222 e. The van der Waals surface area contributed by atoms with E-state index in [0.717, 1.165) is 29.1 Å². The van der Waals surface area contributed by atoms with E-state index in [1.807, 2.05) is 44.5 Å². The van der Waals surface area contributed by atoms with Gasteiger partial charge in [-0.25, -0.2) is 0 Å². The minimum Gasteiger partial charge on any atom is -0.496 e. The van der Waals surface area contributed by atoms with Crippen LogP contribution in [0.3, 0.4) is 0 Å². The first-order chi connectivity index (χ1) is 11.8. The lowest BCUT2D eigenvalue weighted by Gasteiger charge is -2.14. The van der Waals surface area contributed by atoms with Crippen LogP contribution in [0.4, 0.5) is 0 Å². The molecule has 1 amide bonds. The van der Waals surface area contributed by atoms with Gasteiger partial charge in [0.05, 0.1) is 29.6 Å². The van der Waals surface area contributed by atoms with Crippen molar-refractivity contribution in [2.75, 3.05) is 13.7 Å². The molecule has 0 aliphatic carbocycles. The lowest BCUT2D eigenvalue weighted by molar-refractivity contribution is -0.121. The van der Waals surface area contributed by atoms with E-state index in [0.29, 0.717) is 18.0 Å². The fourth-order valence-corrected chi connectivity index (χ4v) is 3.07. The summed E-state index contributed by atoms with van der Waals surface area (Å²) < 4.78 is 7.08. The van der Waals surface area contributed by atoms with E-state index >= 15 is 0 Å². The minimum absolute atomic E-state index is 0.0152. The number of carbonyl (C=O) groups is 1. The Hall–Kier alpha value is -2.01. The molecule has 0 aliphatic heterocycles. The summed E-state index contributed by atoms with van der Waals surface area (Å²) in [6, 6.07) is 6.04. The molecule has 6 heteroatoms. The van der Waals surface area contributed by atoms with Crippen molar-refractivity contribution in [3.63, 3.8) is 0 Å². The van der Waals surface area contributed by atoms with Gasteiger partial charge in [-0.1, -0.05) is 23.7 Å². The molecule has 0 radical (unpaired) electrons. The Morgan fingerprint density at radius 3 is 2.64 bits per heavy atom. The molecule has 2 aromatic rings. The van der Waals surface area contributed by atoms with E-state index < -0.39 is 0 Å². The van der Waals surface area contributed by atoms with Crippen molar-refractivity contribution < 1.29 is 9.53 Å². The van der Waals surface area contributed by atoms with Gasteiger partial charge in [-0.05, 0) is 51.3 Å². The van der Waals surface area contributed by atoms with Crippen LogP contribution in [0.25, 0.3) is 0 Å². The molecule has 1 aromatic carbocycles. The van der Waals surface area contributed by atoms with Gasteiger partial charge >= 0.3 is 0 Å². The van der Waals surface area contributed by atoms with Crippen molar-refractivity contribution >= 4 is 17.5 Å². The van der Waals surface area contributed by atoms with Gasteiger partial charge in [0.15, 0.2) is 0 Å². The normalized spacial score (nSPS) is 12.1. The Balaban J connectivity index is 1.84. The van der Waals surface area contributed by atoms with E-state index in [4.69, 9.17) is 16.3 Å². The van der Waals surface area contributed by atoms with Gasteiger partial charge in [0, 0.05) is 13.0 Å². The molecule has 1 heterocycles. The Labute approximate surface area is 154 Å². The average Bonchev–Trinajstić information content (AvgIpc) is 2.82. The topological polar surface area (TPSA) is 56.1 Å². The number of amides is 1. The highest BCUT2D eigenvalue weighted by molar-refractivity contribution is 6.31. The van der Waals surface area contributed by atoms with Crippen molar-refractivity contribution in [3.05, 3.63) is 45.7 Å². The molecule has 1 aromatic heterocycles. The molecular formula is C19H26ClN3O2. The van der Waals surface area contributed by atoms with E-state index in [1.165, 1.54) is 5.56 Å². The second-order valence-electron chi connectivity index (χ2n) is 6.39. The summed E-state index contributed by atoms with van der Waals surface area (Å²) in [6.07, 6.45) is 1.16. The number of benzene rings is 1.